The SMILES string of the molecule is C=C(Nc1c(C)cccc1Cl)N1CCN(c2ccc(NC(=O)CCN(Cc3cccc(Cl)c3)S(=O)(=O)c3ccccc3[N+](=O)OC)cc2)CC1. The summed E-state index contributed by atoms with van der Waals surface area (Å²) in [6.45, 7) is 9.10. The van der Waals surface area contributed by atoms with Crippen LogP contribution in [0.2, 0.25) is 10.0 Å². The van der Waals surface area contributed by atoms with Crippen LogP contribution in [0.25, 0.3) is 0 Å². The first-order valence-electron chi connectivity index (χ1n) is 15.9. The molecule has 262 valence electrons. The number of hydrogen-bond donors (Lipinski definition) is 2. The molecule has 1 fully saturated rings. The summed E-state index contributed by atoms with van der Waals surface area (Å²) in [7, 11) is -3.10. The van der Waals surface area contributed by atoms with Crippen LogP contribution in [0.1, 0.15) is 17.5 Å². The number of sulfonamides is 1. The molecule has 0 spiro atoms. The normalized spacial score (nSPS) is 13.2. The zero-order chi connectivity index (χ0) is 35.8. The zero-order valence-corrected chi connectivity index (χ0v) is 30.1. The fraction of sp³-hybridized carbons (Fsp3) is 0.250. The Bertz CT molecular complexity index is 1950. The van der Waals surface area contributed by atoms with Gasteiger partial charge in [-0.2, -0.15) is 4.31 Å². The van der Waals surface area contributed by atoms with Gasteiger partial charge in [0.15, 0.2) is 12.0 Å². The van der Waals surface area contributed by atoms with Crippen molar-refractivity contribution in [3.63, 3.8) is 0 Å². The summed E-state index contributed by atoms with van der Waals surface area (Å²) < 4.78 is 29.0. The van der Waals surface area contributed by atoms with Crippen molar-refractivity contribution >= 4 is 61.9 Å². The molecular formula is C36H39Cl2N6O5S+. The van der Waals surface area contributed by atoms with Crippen molar-refractivity contribution in [2.24, 2.45) is 0 Å². The van der Waals surface area contributed by atoms with E-state index >= 15 is 0 Å². The summed E-state index contributed by atoms with van der Waals surface area (Å²) in [6.07, 6.45) is -0.136. The molecule has 1 aliphatic rings. The van der Waals surface area contributed by atoms with E-state index in [2.05, 4.69) is 27.0 Å². The van der Waals surface area contributed by atoms with Crippen molar-refractivity contribution in [1.29, 1.82) is 0 Å². The van der Waals surface area contributed by atoms with E-state index in [4.69, 9.17) is 28.0 Å². The van der Waals surface area contributed by atoms with Gasteiger partial charge in [0.1, 0.15) is 0 Å². The quantitative estimate of drug-likeness (QED) is 0.131. The lowest BCUT2D eigenvalue weighted by Crippen LogP contribution is -2.46. The summed E-state index contributed by atoms with van der Waals surface area (Å²) in [5.41, 5.74) is 3.96. The van der Waals surface area contributed by atoms with E-state index in [0.717, 1.165) is 60.4 Å². The van der Waals surface area contributed by atoms with Gasteiger partial charge in [0.05, 0.1) is 21.4 Å². The Balaban J connectivity index is 1.20. The zero-order valence-electron chi connectivity index (χ0n) is 27.8. The second-order valence-corrected chi connectivity index (χ2v) is 14.4. The number of benzene rings is 4. The van der Waals surface area contributed by atoms with Crippen molar-refractivity contribution in [3.05, 3.63) is 129 Å². The lowest BCUT2D eigenvalue weighted by molar-refractivity contribution is -0.738. The molecule has 1 heterocycles. The molecule has 4 aromatic rings. The molecule has 1 amide bonds. The molecule has 2 N–H and O–H groups in total. The van der Waals surface area contributed by atoms with Gasteiger partial charge in [-0.05, 0) is 66.6 Å². The Labute approximate surface area is 302 Å². The number of hydrogen-bond acceptors (Lipinski definition) is 8. The number of halogens is 2. The smallest absolute Gasteiger partial charge is 0.336 e. The molecule has 0 unspecified atom stereocenters. The predicted octanol–water partition coefficient (Wildman–Crippen LogP) is 7.20. The summed E-state index contributed by atoms with van der Waals surface area (Å²) >= 11 is 12.6. The number of anilines is 3. The lowest BCUT2D eigenvalue weighted by atomic mass is 10.2. The number of para-hydroxylation sites is 2. The van der Waals surface area contributed by atoms with Crippen molar-refractivity contribution in [1.82, 2.24) is 9.21 Å². The number of carbonyl (C=O) groups is 1. The molecule has 14 heteroatoms. The van der Waals surface area contributed by atoms with Crippen molar-refractivity contribution in [2.45, 2.75) is 24.8 Å². The highest BCUT2D eigenvalue weighted by Crippen LogP contribution is 2.30. The molecule has 0 atom stereocenters. The predicted molar refractivity (Wildman–Crippen MR) is 198 cm³/mol. The van der Waals surface area contributed by atoms with Gasteiger partial charge in [0.2, 0.25) is 15.9 Å². The van der Waals surface area contributed by atoms with Gasteiger partial charge in [-0.3, -0.25) is 4.79 Å². The molecule has 5 rings (SSSR count). The molecule has 1 aliphatic heterocycles. The fourth-order valence-electron chi connectivity index (χ4n) is 5.64. The van der Waals surface area contributed by atoms with E-state index in [9.17, 15) is 18.1 Å². The Morgan fingerprint density at radius 2 is 1.64 bits per heavy atom. The van der Waals surface area contributed by atoms with Crippen molar-refractivity contribution in [3.8, 4) is 0 Å². The van der Waals surface area contributed by atoms with Gasteiger partial charge in [-0.1, -0.05) is 66.2 Å². The number of nitrogens with one attached hydrogen (secondary N) is 2. The largest absolute Gasteiger partial charge is 0.368 e. The number of amides is 1. The second-order valence-electron chi connectivity index (χ2n) is 11.7. The average Bonchev–Trinajstić information content (AvgIpc) is 3.11. The van der Waals surface area contributed by atoms with Crippen LogP contribution in [0.3, 0.4) is 0 Å². The van der Waals surface area contributed by atoms with Crippen LogP contribution in [0.4, 0.5) is 22.7 Å². The summed E-state index contributed by atoms with van der Waals surface area (Å²) in [6, 6.07) is 25.9. The van der Waals surface area contributed by atoms with E-state index in [1.807, 2.05) is 49.4 Å². The standard InChI is InChI=1S/C36H38Cl2N6O5S/c1-26-8-6-11-32(38)36(26)39-27(2)41-20-22-42(23-21-41)31-16-14-30(15-17-31)40-35(45)18-19-43(25-28-9-7-10-29(37)24-28)50(47,48)34-13-5-4-12-33(34)44(46)49-3/h4-17,24,39H,2,18-23,25H2,1,3H3/p+1. The van der Waals surface area contributed by atoms with Gasteiger partial charge in [-0.15, -0.1) is 0 Å². The molecule has 11 nitrogen and oxygen atoms in total. The third-order valence-electron chi connectivity index (χ3n) is 8.35. The van der Waals surface area contributed by atoms with Gasteiger partial charge in [0.25, 0.3) is 4.92 Å². The van der Waals surface area contributed by atoms with Gasteiger partial charge in [-0.25, -0.2) is 13.3 Å². The highest BCUT2D eigenvalue weighted by Gasteiger charge is 2.34. The molecule has 0 aromatic heterocycles. The first-order valence-corrected chi connectivity index (χ1v) is 18.1. The van der Waals surface area contributed by atoms with E-state index in [0.29, 0.717) is 21.3 Å². The highest BCUT2D eigenvalue weighted by atomic mass is 35.5. The molecule has 0 radical (unpaired) electrons. The Morgan fingerprint density at radius 3 is 2.32 bits per heavy atom. The molecule has 0 aliphatic carbocycles. The van der Waals surface area contributed by atoms with Gasteiger partial charge in [0, 0.05) is 68.2 Å². The second kappa shape index (κ2) is 16.4. The van der Waals surface area contributed by atoms with Crippen LogP contribution in [0.5, 0.6) is 0 Å². The topological polar surface area (TPSA) is 114 Å². The molecular weight excluding hydrogens is 699 g/mol. The van der Waals surface area contributed by atoms with Crippen LogP contribution < -0.4 is 15.5 Å². The van der Waals surface area contributed by atoms with Crippen LogP contribution in [-0.4, -0.2) is 68.3 Å². The number of piperazine rings is 1. The van der Waals surface area contributed by atoms with E-state index in [1.54, 1.807) is 24.3 Å². The van der Waals surface area contributed by atoms with E-state index in [-0.39, 0.29) is 40.9 Å². The third-order valence-corrected chi connectivity index (χ3v) is 10.8. The first kappa shape index (κ1) is 36.7. The van der Waals surface area contributed by atoms with Crippen LogP contribution in [0.15, 0.2) is 108 Å². The van der Waals surface area contributed by atoms with Gasteiger partial charge < -0.3 is 20.4 Å². The monoisotopic (exact) mass is 737 g/mol. The van der Waals surface area contributed by atoms with Crippen LogP contribution >= 0.6 is 23.2 Å². The lowest BCUT2D eigenvalue weighted by Gasteiger charge is -2.38. The van der Waals surface area contributed by atoms with Crippen LogP contribution in [0, 0.1) is 11.8 Å². The van der Waals surface area contributed by atoms with Gasteiger partial charge >= 0.3 is 5.69 Å². The van der Waals surface area contributed by atoms with Crippen LogP contribution in [-0.2, 0) is 26.2 Å². The van der Waals surface area contributed by atoms with Crippen molar-refractivity contribution < 1.29 is 23.0 Å². The minimum atomic E-state index is -4.25. The highest BCUT2D eigenvalue weighted by molar-refractivity contribution is 7.89. The molecule has 1 saturated heterocycles. The molecule has 0 saturated carbocycles. The number of aryl methyl sites for hydroxylation is 1. The minimum Gasteiger partial charge on any atom is -0.368 e. The summed E-state index contributed by atoms with van der Waals surface area (Å²) in [5.74, 6) is 0.428. The average molecular weight is 739 g/mol. The summed E-state index contributed by atoms with van der Waals surface area (Å²) in [5, 5.41) is 7.33. The Kier molecular flexibility index (Phi) is 12.0. The van der Waals surface area contributed by atoms with E-state index < -0.39 is 10.0 Å². The maximum Gasteiger partial charge on any atom is 0.336 e. The maximum atomic E-state index is 13.9. The molecule has 0 bridgehead atoms. The number of rotatable bonds is 14. The Morgan fingerprint density at radius 1 is 0.940 bits per heavy atom. The Hall–Kier alpha value is -4.62. The van der Waals surface area contributed by atoms with Crippen molar-refractivity contribution in [2.75, 3.05) is 55.4 Å². The third kappa shape index (κ3) is 8.94. The van der Waals surface area contributed by atoms with E-state index in [1.165, 1.54) is 24.3 Å². The molecule has 4 aromatic carbocycles. The summed E-state index contributed by atoms with van der Waals surface area (Å²) in [4.78, 5) is 34.5. The number of nitrogens with zero attached hydrogens (tertiary/aromatic N) is 4. The number of carbonyl (C=O) groups excluding carboxylic acids is 1. The maximum absolute atomic E-state index is 13.9. The molecule has 50 heavy (non-hydrogen) atoms. The minimum absolute atomic E-state index is 0.0681. The fourth-order valence-corrected chi connectivity index (χ4v) is 7.71. The first-order chi connectivity index (χ1) is 24.0.